The summed E-state index contributed by atoms with van der Waals surface area (Å²) in [7, 11) is 0. The topological polar surface area (TPSA) is 47.6 Å². The number of anilines is 1. The fourth-order valence-corrected chi connectivity index (χ4v) is 3.07. The molecule has 0 bridgehead atoms. The van der Waals surface area contributed by atoms with E-state index >= 15 is 0 Å². The molecule has 7 heteroatoms. The first-order chi connectivity index (χ1) is 11.5. The molecule has 1 atom stereocenters. The van der Waals surface area contributed by atoms with Crippen LogP contribution >= 0.6 is 11.8 Å². The van der Waals surface area contributed by atoms with Crippen LogP contribution in [0.15, 0.2) is 41.3 Å². The lowest BCUT2D eigenvalue weighted by molar-refractivity contribution is -0.115. The zero-order valence-electron chi connectivity index (χ0n) is 12.8. The van der Waals surface area contributed by atoms with Crippen molar-refractivity contribution in [1.29, 1.82) is 0 Å². The van der Waals surface area contributed by atoms with Crippen LogP contribution in [0.1, 0.15) is 6.92 Å². The van der Waals surface area contributed by atoms with Crippen LogP contribution in [0.4, 0.5) is 14.5 Å². The van der Waals surface area contributed by atoms with Crippen molar-refractivity contribution in [1.82, 2.24) is 0 Å². The Morgan fingerprint density at radius 3 is 2.58 bits per heavy atom. The van der Waals surface area contributed by atoms with Gasteiger partial charge in [0, 0.05) is 16.6 Å². The maximum atomic E-state index is 13.2. The van der Waals surface area contributed by atoms with Gasteiger partial charge < -0.3 is 14.8 Å². The molecule has 1 aliphatic rings. The Labute approximate surface area is 142 Å². The van der Waals surface area contributed by atoms with E-state index in [2.05, 4.69) is 5.32 Å². The van der Waals surface area contributed by atoms with Crippen LogP contribution in [0, 0.1) is 11.6 Å². The standard InChI is InChI=1S/C17H15F2NO3S/c1-10(24-12-3-4-13(18)14(19)9-12)17(21)20-11-2-5-15-16(8-11)23-7-6-22-15/h2-5,8-10H,6-7H2,1H3,(H,20,21). The summed E-state index contributed by atoms with van der Waals surface area (Å²) in [5.41, 5.74) is 0.585. The third kappa shape index (κ3) is 3.79. The molecular formula is C17H15F2NO3S. The van der Waals surface area contributed by atoms with Gasteiger partial charge in [0.2, 0.25) is 5.91 Å². The highest BCUT2D eigenvalue weighted by molar-refractivity contribution is 8.00. The fraction of sp³-hybridized carbons (Fsp3) is 0.235. The smallest absolute Gasteiger partial charge is 0.237 e. The number of fused-ring (bicyclic) bond motifs is 1. The molecule has 3 rings (SSSR count). The average Bonchev–Trinajstić information content (AvgIpc) is 2.58. The minimum absolute atomic E-state index is 0.249. The van der Waals surface area contributed by atoms with E-state index in [4.69, 9.17) is 9.47 Å². The van der Waals surface area contributed by atoms with Crippen LogP contribution in [0.25, 0.3) is 0 Å². The molecule has 24 heavy (non-hydrogen) atoms. The van der Waals surface area contributed by atoms with Crippen molar-refractivity contribution in [3.8, 4) is 11.5 Å². The molecule has 1 heterocycles. The van der Waals surface area contributed by atoms with E-state index in [0.29, 0.717) is 35.3 Å². The van der Waals surface area contributed by atoms with Crippen molar-refractivity contribution in [3.05, 3.63) is 48.0 Å². The Morgan fingerprint density at radius 2 is 1.83 bits per heavy atom. The number of benzene rings is 2. The lowest BCUT2D eigenvalue weighted by Crippen LogP contribution is -2.22. The zero-order chi connectivity index (χ0) is 17.1. The molecule has 0 saturated heterocycles. The van der Waals surface area contributed by atoms with E-state index in [-0.39, 0.29) is 5.91 Å². The number of ether oxygens (including phenoxy) is 2. The molecule has 1 N–H and O–H groups in total. The van der Waals surface area contributed by atoms with Crippen molar-refractivity contribution in [3.63, 3.8) is 0 Å². The van der Waals surface area contributed by atoms with Gasteiger partial charge in [-0.1, -0.05) is 0 Å². The Bertz CT molecular complexity index is 769. The summed E-state index contributed by atoms with van der Waals surface area (Å²) < 4.78 is 37.0. The average molecular weight is 351 g/mol. The van der Waals surface area contributed by atoms with E-state index in [1.165, 1.54) is 6.07 Å². The molecule has 2 aromatic rings. The predicted octanol–water partition coefficient (Wildman–Crippen LogP) is 3.86. The number of halogens is 2. The van der Waals surface area contributed by atoms with Gasteiger partial charge in [0.1, 0.15) is 13.2 Å². The molecule has 4 nitrogen and oxygen atoms in total. The van der Waals surface area contributed by atoms with Crippen LogP contribution in [-0.2, 0) is 4.79 Å². The van der Waals surface area contributed by atoms with Crippen LogP contribution in [0.5, 0.6) is 11.5 Å². The number of carbonyl (C=O) groups excluding carboxylic acids is 1. The largest absolute Gasteiger partial charge is 0.486 e. The summed E-state index contributed by atoms with van der Waals surface area (Å²) in [6, 6.07) is 8.72. The molecule has 0 fully saturated rings. The lowest BCUT2D eigenvalue weighted by atomic mass is 10.2. The highest BCUT2D eigenvalue weighted by Gasteiger charge is 2.17. The van der Waals surface area contributed by atoms with Gasteiger partial charge in [0.05, 0.1) is 5.25 Å². The summed E-state index contributed by atoms with van der Waals surface area (Å²) in [4.78, 5) is 12.7. The molecule has 1 unspecified atom stereocenters. The second kappa shape index (κ2) is 7.09. The van der Waals surface area contributed by atoms with Gasteiger partial charge in [-0.05, 0) is 37.3 Å². The van der Waals surface area contributed by atoms with E-state index in [9.17, 15) is 13.6 Å². The Hall–Kier alpha value is -2.28. The SMILES string of the molecule is CC(Sc1ccc(F)c(F)c1)C(=O)Nc1ccc2c(c1)OCCO2. The van der Waals surface area contributed by atoms with Gasteiger partial charge >= 0.3 is 0 Å². The fourth-order valence-electron chi connectivity index (χ4n) is 2.17. The Balaban J connectivity index is 1.64. The van der Waals surface area contributed by atoms with Crippen LogP contribution in [-0.4, -0.2) is 24.4 Å². The molecule has 0 aliphatic carbocycles. The summed E-state index contributed by atoms with van der Waals surface area (Å²) in [6.45, 7) is 2.66. The molecule has 1 aliphatic heterocycles. The Morgan fingerprint density at radius 1 is 1.08 bits per heavy atom. The van der Waals surface area contributed by atoms with Gasteiger partial charge in [0.25, 0.3) is 0 Å². The number of thioether (sulfide) groups is 1. The number of carbonyl (C=O) groups is 1. The van der Waals surface area contributed by atoms with Crippen LogP contribution < -0.4 is 14.8 Å². The zero-order valence-corrected chi connectivity index (χ0v) is 13.7. The molecule has 0 radical (unpaired) electrons. The van der Waals surface area contributed by atoms with E-state index in [1.54, 1.807) is 25.1 Å². The molecule has 0 aromatic heterocycles. The summed E-state index contributed by atoms with van der Waals surface area (Å²) in [5, 5.41) is 2.29. The highest BCUT2D eigenvalue weighted by atomic mass is 32.2. The van der Waals surface area contributed by atoms with Crippen molar-refractivity contribution in [2.45, 2.75) is 17.1 Å². The van der Waals surface area contributed by atoms with Crippen LogP contribution in [0.2, 0.25) is 0 Å². The quantitative estimate of drug-likeness (QED) is 0.850. The van der Waals surface area contributed by atoms with Gasteiger partial charge in [-0.2, -0.15) is 0 Å². The van der Waals surface area contributed by atoms with E-state index in [1.807, 2.05) is 0 Å². The first-order valence-electron chi connectivity index (χ1n) is 7.35. The van der Waals surface area contributed by atoms with Crippen molar-refractivity contribution in [2.75, 3.05) is 18.5 Å². The van der Waals surface area contributed by atoms with Crippen molar-refractivity contribution in [2.24, 2.45) is 0 Å². The maximum absolute atomic E-state index is 13.2. The van der Waals surface area contributed by atoms with Crippen molar-refractivity contribution >= 4 is 23.4 Å². The number of hydrogen-bond acceptors (Lipinski definition) is 4. The minimum atomic E-state index is -0.931. The lowest BCUT2D eigenvalue weighted by Gasteiger charge is -2.19. The number of nitrogens with one attached hydrogen (secondary N) is 1. The van der Waals surface area contributed by atoms with E-state index in [0.717, 1.165) is 23.9 Å². The molecular weight excluding hydrogens is 336 g/mol. The second-order valence-corrected chi connectivity index (χ2v) is 6.60. The normalized spacial score (nSPS) is 14.1. The molecule has 0 saturated carbocycles. The monoisotopic (exact) mass is 351 g/mol. The van der Waals surface area contributed by atoms with Gasteiger partial charge in [-0.15, -0.1) is 11.8 Å². The first-order valence-corrected chi connectivity index (χ1v) is 8.23. The summed E-state index contributed by atoms with van der Waals surface area (Å²) in [6.07, 6.45) is 0. The third-order valence-electron chi connectivity index (χ3n) is 3.38. The summed E-state index contributed by atoms with van der Waals surface area (Å²) >= 11 is 1.15. The second-order valence-electron chi connectivity index (χ2n) is 5.18. The van der Waals surface area contributed by atoms with Crippen molar-refractivity contribution < 1.29 is 23.0 Å². The van der Waals surface area contributed by atoms with Gasteiger partial charge in [-0.3, -0.25) is 4.79 Å². The third-order valence-corrected chi connectivity index (χ3v) is 4.48. The number of hydrogen-bond donors (Lipinski definition) is 1. The Kier molecular flexibility index (Phi) is 4.89. The maximum Gasteiger partial charge on any atom is 0.237 e. The molecule has 2 aromatic carbocycles. The van der Waals surface area contributed by atoms with Crippen LogP contribution in [0.3, 0.4) is 0 Å². The molecule has 126 valence electrons. The number of rotatable bonds is 4. The van der Waals surface area contributed by atoms with Gasteiger partial charge in [-0.25, -0.2) is 8.78 Å². The summed E-state index contributed by atoms with van der Waals surface area (Å²) in [5.74, 6) is -0.864. The van der Waals surface area contributed by atoms with Gasteiger partial charge in [0.15, 0.2) is 23.1 Å². The highest BCUT2D eigenvalue weighted by Crippen LogP contribution is 2.33. The minimum Gasteiger partial charge on any atom is -0.486 e. The first kappa shape index (κ1) is 16.6. The molecule has 0 spiro atoms. The molecule has 1 amide bonds. The van der Waals surface area contributed by atoms with E-state index < -0.39 is 16.9 Å². The number of amides is 1. The predicted molar refractivity (Wildman–Crippen MR) is 87.7 cm³/mol.